The van der Waals surface area contributed by atoms with Gasteiger partial charge in [-0.1, -0.05) is 26.0 Å². The molecule has 6 nitrogen and oxygen atoms in total. The molecule has 1 atom stereocenters. The summed E-state index contributed by atoms with van der Waals surface area (Å²) in [5.41, 5.74) is 11.8. The Hall–Kier alpha value is -2.21. The summed E-state index contributed by atoms with van der Waals surface area (Å²) in [4.78, 5) is 20.3. The third kappa shape index (κ3) is 2.85. The minimum Gasteiger partial charge on any atom is -0.368 e. The molecule has 1 heterocycles. The Kier molecular flexibility index (Phi) is 4.14. The van der Waals surface area contributed by atoms with Crippen molar-refractivity contribution in [1.82, 2.24) is 9.97 Å². The number of rotatable bonds is 5. The van der Waals surface area contributed by atoms with Crippen LogP contribution < -0.4 is 16.8 Å². The van der Waals surface area contributed by atoms with Crippen LogP contribution in [0.2, 0.25) is 0 Å². The molecule has 1 aromatic carbocycles. The Morgan fingerprint density at radius 1 is 1.30 bits per heavy atom. The summed E-state index contributed by atoms with van der Waals surface area (Å²) in [7, 11) is 0. The summed E-state index contributed by atoms with van der Waals surface area (Å²) in [5.74, 6) is 0.770. The second-order valence-corrected chi connectivity index (χ2v) is 4.98. The average Bonchev–Trinajstić information content (AvgIpc) is 2.43. The lowest BCUT2D eigenvalue weighted by Gasteiger charge is -2.20. The first kappa shape index (κ1) is 14.2. The number of benzene rings is 1. The maximum absolute atomic E-state index is 11.5. The van der Waals surface area contributed by atoms with Crippen LogP contribution in [0, 0.1) is 5.92 Å². The summed E-state index contributed by atoms with van der Waals surface area (Å²) in [6.45, 7) is 4.09. The molecule has 2 aromatic rings. The SMILES string of the molecule is CC(C)C(Nc1nc(CN)nc2ccccc12)C(N)=O. The predicted molar refractivity (Wildman–Crippen MR) is 78.9 cm³/mol. The maximum Gasteiger partial charge on any atom is 0.240 e. The molecular formula is C14H19N5O. The number of primary amides is 1. The normalized spacial score (nSPS) is 12.6. The van der Waals surface area contributed by atoms with Crippen LogP contribution in [0.1, 0.15) is 19.7 Å². The van der Waals surface area contributed by atoms with Gasteiger partial charge in [0.2, 0.25) is 5.91 Å². The second-order valence-electron chi connectivity index (χ2n) is 4.98. The molecule has 2 rings (SSSR count). The van der Waals surface area contributed by atoms with Gasteiger partial charge in [0.1, 0.15) is 17.7 Å². The van der Waals surface area contributed by atoms with Gasteiger partial charge >= 0.3 is 0 Å². The molecule has 20 heavy (non-hydrogen) atoms. The minimum absolute atomic E-state index is 0.0579. The van der Waals surface area contributed by atoms with E-state index in [2.05, 4.69) is 15.3 Å². The van der Waals surface area contributed by atoms with Gasteiger partial charge in [-0.3, -0.25) is 4.79 Å². The van der Waals surface area contributed by atoms with E-state index in [9.17, 15) is 4.79 Å². The molecule has 0 saturated heterocycles. The summed E-state index contributed by atoms with van der Waals surface area (Å²) in [6, 6.07) is 7.09. The van der Waals surface area contributed by atoms with E-state index in [0.29, 0.717) is 11.6 Å². The largest absolute Gasteiger partial charge is 0.368 e. The lowest BCUT2D eigenvalue weighted by atomic mass is 10.0. The highest BCUT2D eigenvalue weighted by molar-refractivity contribution is 5.91. The van der Waals surface area contributed by atoms with Gasteiger partial charge < -0.3 is 16.8 Å². The van der Waals surface area contributed by atoms with E-state index in [-0.39, 0.29) is 12.5 Å². The van der Waals surface area contributed by atoms with Crippen molar-refractivity contribution < 1.29 is 4.79 Å². The van der Waals surface area contributed by atoms with E-state index in [0.717, 1.165) is 10.9 Å². The number of aromatic nitrogens is 2. The predicted octanol–water partition coefficient (Wildman–Crippen LogP) is 1.01. The van der Waals surface area contributed by atoms with Crippen LogP contribution >= 0.6 is 0 Å². The van der Waals surface area contributed by atoms with E-state index in [1.807, 2.05) is 38.1 Å². The zero-order valence-corrected chi connectivity index (χ0v) is 11.6. The average molecular weight is 273 g/mol. The summed E-state index contributed by atoms with van der Waals surface area (Å²) < 4.78 is 0. The van der Waals surface area contributed by atoms with E-state index < -0.39 is 11.9 Å². The van der Waals surface area contributed by atoms with E-state index in [1.165, 1.54) is 0 Å². The van der Waals surface area contributed by atoms with Gasteiger partial charge in [0.25, 0.3) is 0 Å². The van der Waals surface area contributed by atoms with Gasteiger partial charge in [0.05, 0.1) is 12.1 Å². The Morgan fingerprint density at radius 3 is 2.60 bits per heavy atom. The number of anilines is 1. The first-order valence-electron chi connectivity index (χ1n) is 6.54. The molecule has 1 aromatic heterocycles. The van der Waals surface area contributed by atoms with Crippen LogP contribution in [-0.2, 0) is 11.3 Å². The third-order valence-electron chi connectivity index (χ3n) is 3.10. The highest BCUT2D eigenvalue weighted by Crippen LogP contribution is 2.22. The number of amides is 1. The van der Waals surface area contributed by atoms with Gasteiger partial charge in [-0.15, -0.1) is 0 Å². The van der Waals surface area contributed by atoms with Crippen molar-refractivity contribution in [1.29, 1.82) is 0 Å². The fourth-order valence-electron chi connectivity index (χ4n) is 2.04. The van der Waals surface area contributed by atoms with Crippen LogP contribution in [0.25, 0.3) is 10.9 Å². The van der Waals surface area contributed by atoms with Crippen LogP contribution in [0.3, 0.4) is 0 Å². The number of hydrogen-bond acceptors (Lipinski definition) is 5. The molecule has 0 spiro atoms. The number of carbonyl (C=O) groups excluding carboxylic acids is 1. The van der Waals surface area contributed by atoms with Crippen molar-refractivity contribution >= 4 is 22.6 Å². The van der Waals surface area contributed by atoms with Crippen LogP contribution in [-0.4, -0.2) is 21.9 Å². The fourth-order valence-corrected chi connectivity index (χ4v) is 2.04. The number of para-hydroxylation sites is 1. The molecule has 0 saturated carbocycles. The molecule has 1 amide bonds. The van der Waals surface area contributed by atoms with E-state index >= 15 is 0 Å². The third-order valence-corrected chi connectivity index (χ3v) is 3.10. The number of hydrogen-bond donors (Lipinski definition) is 3. The van der Waals surface area contributed by atoms with Crippen molar-refractivity contribution in [3.63, 3.8) is 0 Å². The molecule has 5 N–H and O–H groups in total. The highest BCUT2D eigenvalue weighted by atomic mass is 16.1. The molecule has 0 fully saturated rings. The molecule has 0 radical (unpaired) electrons. The lowest BCUT2D eigenvalue weighted by Crippen LogP contribution is -2.39. The van der Waals surface area contributed by atoms with Gasteiger partial charge in [-0.05, 0) is 18.1 Å². The van der Waals surface area contributed by atoms with Crippen molar-refractivity contribution in [2.75, 3.05) is 5.32 Å². The van der Waals surface area contributed by atoms with Gasteiger partial charge in [0.15, 0.2) is 0 Å². The molecule has 0 aliphatic heterocycles. The number of fused-ring (bicyclic) bond motifs is 1. The molecular weight excluding hydrogens is 254 g/mol. The number of nitrogens with zero attached hydrogens (tertiary/aromatic N) is 2. The summed E-state index contributed by atoms with van der Waals surface area (Å²) >= 11 is 0. The summed E-state index contributed by atoms with van der Waals surface area (Å²) in [5, 5.41) is 3.96. The zero-order chi connectivity index (χ0) is 14.7. The number of carbonyl (C=O) groups is 1. The van der Waals surface area contributed by atoms with Crippen LogP contribution in [0.4, 0.5) is 5.82 Å². The standard InChI is InChI=1S/C14H19N5O/c1-8(2)12(13(16)20)19-14-9-5-3-4-6-10(9)17-11(7-15)18-14/h3-6,8,12H,7,15H2,1-2H3,(H2,16,20)(H,17,18,19). The van der Waals surface area contributed by atoms with Gasteiger partial charge in [-0.2, -0.15) is 0 Å². The van der Waals surface area contributed by atoms with Crippen LogP contribution in [0.15, 0.2) is 24.3 Å². The van der Waals surface area contributed by atoms with Crippen molar-refractivity contribution in [3.05, 3.63) is 30.1 Å². The van der Waals surface area contributed by atoms with Crippen molar-refractivity contribution in [3.8, 4) is 0 Å². The number of nitrogens with two attached hydrogens (primary N) is 2. The lowest BCUT2D eigenvalue weighted by molar-refractivity contribution is -0.119. The topological polar surface area (TPSA) is 107 Å². The first-order chi connectivity index (χ1) is 9.52. The van der Waals surface area contributed by atoms with Gasteiger partial charge in [0, 0.05) is 5.39 Å². The Morgan fingerprint density at radius 2 is 2.00 bits per heavy atom. The maximum atomic E-state index is 11.5. The van der Waals surface area contributed by atoms with Crippen LogP contribution in [0.5, 0.6) is 0 Å². The fraction of sp³-hybridized carbons (Fsp3) is 0.357. The summed E-state index contributed by atoms with van der Waals surface area (Å²) in [6.07, 6.45) is 0. The highest BCUT2D eigenvalue weighted by Gasteiger charge is 2.21. The van der Waals surface area contributed by atoms with E-state index in [1.54, 1.807) is 0 Å². The van der Waals surface area contributed by atoms with Crippen molar-refractivity contribution in [2.24, 2.45) is 17.4 Å². The molecule has 6 heteroatoms. The molecule has 0 bridgehead atoms. The van der Waals surface area contributed by atoms with Crippen molar-refractivity contribution in [2.45, 2.75) is 26.4 Å². The minimum atomic E-state index is -0.487. The van der Waals surface area contributed by atoms with Gasteiger partial charge in [-0.25, -0.2) is 9.97 Å². The Balaban J connectivity index is 2.49. The zero-order valence-electron chi connectivity index (χ0n) is 11.6. The molecule has 0 aliphatic carbocycles. The smallest absolute Gasteiger partial charge is 0.240 e. The Labute approximate surface area is 117 Å². The monoisotopic (exact) mass is 273 g/mol. The molecule has 106 valence electrons. The number of nitrogens with one attached hydrogen (secondary N) is 1. The second kappa shape index (κ2) is 5.83. The first-order valence-corrected chi connectivity index (χ1v) is 6.54. The Bertz CT molecular complexity index is 626. The quantitative estimate of drug-likeness (QED) is 0.753. The molecule has 1 unspecified atom stereocenters. The van der Waals surface area contributed by atoms with E-state index in [4.69, 9.17) is 11.5 Å². The molecule has 0 aliphatic rings.